The van der Waals surface area contributed by atoms with Crippen LogP contribution < -0.4 is 5.56 Å². The van der Waals surface area contributed by atoms with Crippen LogP contribution in [-0.4, -0.2) is 21.3 Å². The number of fused-ring (bicyclic) bond motifs is 1. The Bertz CT molecular complexity index is 757. The van der Waals surface area contributed by atoms with E-state index < -0.39 is 0 Å². The van der Waals surface area contributed by atoms with Crippen LogP contribution in [0.5, 0.6) is 0 Å². The molecule has 0 radical (unpaired) electrons. The highest BCUT2D eigenvalue weighted by molar-refractivity contribution is 9.10. The van der Waals surface area contributed by atoms with Gasteiger partial charge in [0.1, 0.15) is 0 Å². The van der Waals surface area contributed by atoms with E-state index in [1.54, 1.807) is 17.0 Å². The lowest BCUT2D eigenvalue weighted by molar-refractivity contribution is 0.252. The topological polar surface area (TPSA) is 55.1 Å². The highest BCUT2D eigenvalue weighted by atomic mass is 79.9. The second-order valence-electron chi connectivity index (χ2n) is 4.96. The van der Waals surface area contributed by atoms with E-state index in [1.807, 2.05) is 43.3 Å². The van der Waals surface area contributed by atoms with Gasteiger partial charge in [-0.25, -0.2) is 4.98 Å². The molecule has 0 aliphatic rings. The average Bonchev–Trinajstić information content (AvgIpc) is 2.52. The summed E-state index contributed by atoms with van der Waals surface area (Å²) >= 11 is 3.45. The number of aromatic nitrogens is 2. The molecule has 1 aromatic heterocycles. The fraction of sp³-hybridized carbons (Fsp3) is 0.294. The zero-order valence-electron chi connectivity index (χ0n) is 12.4. The fourth-order valence-electron chi connectivity index (χ4n) is 2.32. The molecule has 2 aromatic rings. The van der Waals surface area contributed by atoms with Crippen LogP contribution in [0.25, 0.3) is 10.9 Å². The van der Waals surface area contributed by atoms with Crippen molar-refractivity contribution >= 4 is 26.8 Å². The maximum atomic E-state index is 12.8. The summed E-state index contributed by atoms with van der Waals surface area (Å²) in [4.78, 5) is 17.2. The lowest BCUT2D eigenvalue weighted by Crippen LogP contribution is -2.25. The van der Waals surface area contributed by atoms with Crippen LogP contribution in [0, 0.1) is 0 Å². The first-order chi connectivity index (χ1) is 10.7. The molecule has 2 rings (SSSR count). The van der Waals surface area contributed by atoms with Crippen LogP contribution >= 0.6 is 15.9 Å². The van der Waals surface area contributed by atoms with E-state index >= 15 is 0 Å². The van der Waals surface area contributed by atoms with Crippen LogP contribution in [0.2, 0.25) is 0 Å². The number of aliphatic hydroxyl groups excluding tert-OH is 1. The Balaban J connectivity index is 2.76. The molecule has 0 saturated carbocycles. The van der Waals surface area contributed by atoms with Gasteiger partial charge in [-0.15, -0.1) is 0 Å². The molecule has 1 aromatic carbocycles. The van der Waals surface area contributed by atoms with Gasteiger partial charge in [0, 0.05) is 17.1 Å². The normalized spacial score (nSPS) is 12.0. The third-order valence-electron chi connectivity index (χ3n) is 3.51. The summed E-state index contributed by atoms with van der Waals surface area (Å²) in [7, 11) is 0. The highest BCUT2D eigenvalue weighted by Crippen LogP contribution is 2.15. The van der Waals surface area contributed by atoms with Crippen LogP contribution in [0.15, 0.2) is 58.1 Å². The van der Waals surface area contributed by atoms with Crippen LogP contribution in [0.3, 0.4) is 0 Å². The van der Waals surface area contributed by atoms with Gasteiger partial charge in [0.15, 0.2) is 0 Å². The van der Waals surface area contributed by atoms with Crippen molar-refractivity contribution in [3.63, 3.8) is 0 Å². The van der Waals surface area contributed by atoms with E-state index in [4.69, 9.17) is 5.11 Å². The molecule has 22 heavy (non-hydrogen) atoms. The molecule has 0 aliphatic heterocycles. The molecule has 1 unspecified atom stereocenters. The number of rotatable bonds is 4. The highest BCUT2D eigenvalue weighted by Gasteiger charge is 2.11. The first kappa shape index (κ1) is 16.6. The Morgan fingerprint density at radius 1 is 1.27 bits per heavy atom. The molecule has 0 amide bonds. The third-order valence-corrected chi connectivity index (χ3v) is 4.01. The van der Waals surface area contributed by atoms with Crippen molar-refractivity contribution in [3.05, 3.63) is 63.6 Å². The number of halogens is 1. The van der Waals surface area contributed by atoms with Gasteiger partial charge in [-0.1, -0.05) is 47.1 Å². The van der Waals surface area contributed by atoms with Gasteiger partial charge < -0.3 is 5.11 Å². The van der Waals surface area contributed by atoms with Crippen molar-refractivity contribution in [2.24, 2.45) is 0 Å². The average molecular weight is 363 g/mol. The van der Waals surface area contributed by atoms with Crippen molar-refractivity contribution in [2.45, 2.75) is 25.8 Å². The molecular weight excluding hydrogens is 344 g/mol. The minimum Gasteiger partial charge on any atom is -0.396 e. The van der Waals surface area contributed by atoms with E-state index in [2.05, 4.69) is 20.9 Å². The second-order valence-corrected chi connectivity index (χ2v) is 5.88. The zero-order valence-corrected chi connectivity index (χ0v) is 14.0. The Kier molecular flexibility index (Phi) is 6.10. The van der Waals surface area contributed by atoms with Gasteiger partial charge in [0.05, 0.1) is 17.2 Å². The molecule has 0 fully saturated rings. The Morgan fingerprint density at radius 3 is 2.68 bits per heavy atom. The number of aliphatic hydroxyl groups is 1. The summed E-state index contributed by atoms with van der Waals surface area (Å²) < 4.78 is 2.42. The van der Waals surface area contributed by atoms with Crippen LogP contribution in [-0.2, 0) is 0 Å². The molecule has 1 heterocycles. The van der Waals surface area contributed by atoms with Crippen LogP contribution in [0.4, 0.5) is 0 Å². The van der Waals surface area contributed by atoms with Gasteiger partial charge in [0.25, 0.3) is 5.56 Å². The first-order valence-corrected chi connectivity index (χ1v) is 8.07. The summed E-state index contributed by atoms with van der Waals surface area (Å²) in [5, 5.41) is 9.71. The van der Waals surface area contributed by atoms with E-state index in [-0.39, 0.29) is 18.2 Å². The molecule has 4 nitrogen and oxygen atoms in total. The molecule has 5 heteroatoms. The molecule has 116 valence electrons. The smallest absolute Gasteiger partial charge is 0.261 e. The molecule has 1 N–H and O–H groups in total. The van der Waals surface area contributed by atoms with Gasteiger partial charge in [-0.05, 0) is 31.0 Å². The van der Waals surface area contributed by atoms with E-state index in [1.165, 1.54) is 0 Å². The van der Waals surface area contributed by atoms with E-state index in [9.17, 15) is 4.79 Å². The summed E-state index contributed by atoms with van der Waals surface area (Å²) in [6.07, 6.45) is 2.88. The molecular formula is C17H19BrN2O2. The van der Waals surface area contributed by atoms with Crippen molar-refractivity contribution in [3.8, 4) is 0 Å². The summed E-state index contributed by atoms with van der Waals surface area (Å²) in [5.41, 5.74) is 0.543. The van der Waals surface area contributed by atoms with Crippen LogP contribution in [0.1, 0.15) is 25.8 Å². The minimum absolute atomic E-state index is 0.0442. The van der Waals surface area contributed by atoms with Gasteiger partial charge in [-0.2, -0.15) is 0 Å². The largest absolute Gasteiger partial charge is 0.396 e. The number of hydrogen-bond donors (Lipinski definition) is 1. The first-order valence-electron chi connectivity index (χ1n) is 7.28. The quantitative estimate of drug-likeness (QED) is 0.903. The third kappa shape index (κ3) is 3.93. The maximum Gasteiger partial charge on any atom is 0.261 e. The fourth-order valence-corrected chi connectivity index (χ4v) is 2.70. The lowest BCUT2D eigenvalue weighted by atomic mass is 10.1. The predicted octanol–water partition coefficient (Wildman–Crippen LogP) is 3.62. The van der Waals surface area contributed by atoms with Gasteiger partial charge in [-0.3, -0.25) is 9.36 Å². The molecule has 0 aliphatic carbocycles. The lowest BCUT2D eigenvalue weighted by Gasteiger charge is -2.16. The molecule has 0 saturated heterocycles. The Hall–Kier alpha value is -1.72. The van der Waals surface area contributed by atoms with Crippen molar-refractivity contribution in [1.29, 1.82) is 0 Å². The SMILES string of the molecule is CCC(CCO)n1cnc2ccccccc(Br)cc2c1=O. The summed E-state index contributed by atoms with van der Waals surface area (Å²) in [5.74, 6) is 0. The number of hydrogen-bond acceptors (Lipinski definition) is 3. The zero-order chi connectivity index (χ0) is 15.9. The molecule has 0 bridgehead atoms. The van der Waals surface area contributed by atoms with Gasteiger partial charge >= 0.3 is 0 Å². The van der Waals surface area contributed by atoms with Crippen molar-refractivity contribution in [2.75, 3.05) is 6.61 Å². The molecule has 0 spiro atoms. The number of nitrogens with zero attached hydrogens (tertiary/aromatic N) is 2. The Labute approximate surface area is 137 Å². The van der Waals surface area contributed by atoms with Gasteiger partial charge in [0.2, 0.25) is 0 Å². The second kappa shape index (κ2) is 8.06. The predicted molar refractivity (Wildman–Crippen MR) is 92.4 cm³/mol. The summed E-state index contributed by atoms with van der Waals surface area (Å²) in [6.45, 7) is 2.05. The summed E-state index contributed by atoms with van der Waals surface area (Å²) in [6, 6.07) is 13.0. The minimum atomic E-state index is -0.0927. The van der Waals surface area contributed by atoms with E-state index in [0.29, 0.717) is 17.3 Å². The van der Waals surface area contributed by atoms with E-state index in [0.717, 1.165) is 10.9 Å². The van der Waals surface area contributed by atoms with Crippen molar-refractivity contribution < 1.29 is 5.11 Å². The van der Waals surface area contributed by atoms with Crippen molar-refractivity contribution in [1.82, 2.24) is 9.55 Å². The maximum absolute atomic E-state index is 12.8. The monoisotopic (exact) mass is 362 g/mol. The molecule has 1 atom stereocenters. The standard InChI is InChI=1S/C17H19BrN2O2/c1-2-14(9-10-21)20-12-19-16-8-6-4-3-5-7-13(18)11-15(16)17(20)22/h3-8,11-12,14,21H,2,9-10H2,1H3. The Morgan fingerprint density at radius 2 is 2.00 bits per heavy atom.